The van der Waals surface area contributed by atoms with Crippen LogP contribution in [0.25, 0.3) is 0 Å². The minimum absolute atomic E-state index is 0.501. The average Bonchev–Trinajstić information content (AvgIpc) is 2.96. The lowest BCUT2D eigenvalue weighted by Crippen LogP contribution is -2.26. The second-order valence-corrected chi connectivity index (χ2v) is 14.5. The van der Waals surface area contributed by atoms with Gasteiger partial charge in [-0.2, -0.15) is 0 Å². The summed E-state index contributed by atoms with van der Waals surface area (Å²) in [6.45, 7) is 6.65. The molecule has 0 bridgehead atoms. The second kappa shape index (κ2) is 29.3. The molecule has 0 amide bonds. The highest BCUT2D eigenvalue weighted by molar-refractivity contribution is 4.69. The van der Waals surface area contributed by atoms with Crippen LogP contribution < -0.4 is 0 Å². The minimum Gasteiger partial charge on any atom is -0.378 e. The quantitative estimate of drug-likeness (QED) is 0.0682. The fourth-order valence-corrected chi connectivity index (χ4v) is 7.06. The normalized spacial score (nSPS) is 19.7. The highest BCUT2D eigenvalue weighted by Crippen LogP contribution is 2.24. The monoisotopic (exact) mass is 607 g/mol. The lowest BCUT2D eigenvalue weighted by molar-refractivity contribution is -0.0557. The van der Waals surface area contributed by atoms with E-state index in [9.17, 15) is 0 Å². The van der Waals surface area contributed by atoms with Crippen molar-refractivity contribution >= 4 is 0 Å². The third-order valence-electron chi connectivity index (χ3n) is 10.3. The van der Waals surface area contributed by atoms with Gasteiger partial charge in [0, 0.05) is 13.2 Å². The molecule has 0 radical (unpaired) electrons. The van der Waals surface area contributed by atoms with Crippen LogP contribution in [0.2, 0.25) is 0 Å². The van der Waals surface area contributed by atoms with Crippen molar-refractivity contribution in [2.75, 3.05) is 13.2 Å². The first-order valence-electron chi connectivity index (χ1n) is 20.2. The Labute approximate surface area is 270 Å². The molecule has 0 aromatic heterocycles. The maximum atomic E-state index is 7.06. The van der Waals surface area contributed by atoms with Crippen LogP contribution in [0.4, 0.5) is 0 Å². The fraction of sp³-hybridized carbons (Fsp3) is 1.00. The van der Waals surface area contributed by atoms with Crippen LogP contribution >= 0.6 is 0 Å². The van der Waals surface area contributed by atoms with E-state index in [1.54, 1.807) is 0 Å². The molecule has 2 aliphatic heterocycles. The summed E-state index contributed by atoms with van der Waals surface area (Å²) in [6.07, 6.45) is 46.0. The van der Waals surface area contributed by atoms with Crippen molar-refractivity contribution in [2.24, 2.45) is 0 Å². The zero-order valence-electron chi connectivity index (χ0n) is 29.6. The van der Waals surface area contributed by atoms with Gasteiger partial charge in [0.2, 0.25) is 0 Å². The summed E-state index contributed by atoms with van der Waals surface area (Å²) in [4.78, 5) is 0. The molecule has 0 saturated carbocycles. The first kappa shape index (κ1) is 39.1. The smallest absolute Gasteiger partial charge is 0.0597 e. The molecule has 3 heteroatoms. The Kier molecular flexibility index (Phi) is 26.6. The molecule has 0 aromatic carbocycles. The number of ether oxygens (including phenoxy) is 3. The number of hydrogen-bond donors (Lipinski definition) is 0. The lowest BCUT2D eigenvalue weighted by Gasteiger charge is -2.26. The van der Waals surface area contributed by atoms with Gasteiger partial charge in [-0.3, -0.25) is 0 Å². The Balaban J connectivity index is 1.68. The Morgan fingerprint density at radius 3 is 0.977 bits per heavy atom. The van der Waals surface area contributed by atoms with Crippen molar-refractivity contribution in [1.82, 2.24) is 0 Å². The lowest BCUT2D eigenvalue weighted by atomic mass is 9.99. The number of rotatable bonds is 34. The molecule has 4 atom stereocenters. The van der Waals surface area contributed by atoms with Gasteiger partial charge >= 0.3 is 0 Å². The molecular formula is C40H78O3. The van der Waals surface area contributed by atoms with Crippen LogP contribution in [0, 0.1) is 0 Å². The minimum atomic E-state index is 0.501. The molecule has 3 nitrogen and oxygen atoms in total. The summed E-state index contributed by atoms with van der Waals surface area (Å²) in [5.41, 5.74) is 0. The maximum absolute atomic E-state index is 7.06. The van der Waals surface area contributed by atoms with E-state index in [0.717, 1.165) is 13.2 Å². The highest BCUT2D eigenvalue weighted by atomic mass is 16.5. The molecule has 2 aliphatic rings. The number of unbranched alkanes of at least 4 members (excludes halogenated alkanes) is 20. The SMILES string of the molecule is CCCCCCCCC(CCCCCCCCC1CCO1)OC(CCCCCCCC)CCCCCCCCC1CCO1. The summed E-state index contributed by atoms with van der Waals surface area (Å²) in [5, 5.41) is 0. The molecule has 2 fully saturated rings. The average molecular weight is 607 g/mol. The van der Waals surface area contributed by atoms with Gasteiger partial charge in [-0.25, -0.2) is 0 Å². The Bertz CT molecular complexity index is 510. The third-order valence-corrected chi connectivity index (χ3v) is 10.3. The van der Waals surface area contributed by atoms with E-state index in [1.807, 2.05) is 0 Å². The van der Waals surface area contributed by atoms with Crippen molar-refractivity contribution in [3.63, 3.8) is 0 Å². The van der Waals surface area contributed by atoms with Gasteiger partial charge in [-0.05, 0) is 51.4 Å². The molecule has 256 valence electrons. The summed E-state index contributed by atoms with van der Waals surface area (Å²) >= 11 is 0. The number of hydrogen-bond acceptors (Lipinski definition) is 3. The fourth-order valence-electron chi connectivity index (χ4n) is 7.06. The van der Waals surface area contributed by atoms with Crippen molar-refractivity contribution in [1.29, 1.82) is 0 Å². The van der Waals surface area contributed by atoms with E-state index in [-0.39, 0.29) is 0 Å². The predicted octanol–water partition coefficient (Wildman–Crippen LogP) is 13.1. The summed E-state index contributed by atoms with van der Waals surface area (Å²) in [7, 11) is 0. The predicted molar refractivity (Wildman–Crippen MR) is 187 cm³/mol. The van der Waals surface area contributed by atoms with Gasteiger partial charge in [-0.1, -0.05) is 168 Å². The van der Waals surface area contributed by atoms with E-state index >= 15 is 0 Å². The van der Waals surface area contributed by atoms with Crippen molar-refractivity contribution in [2.45, 2.75) is 244 Å². The van der Waals surface area contributed by atoms with Gasteiger partial charge in [0.1, 0.15) is 0 Å². The largest absolute Gasteiger partial charge is 0.378 e. The third kappa shape index (κ3) is 22.9. The van der Waals surface area contributed by atoms with Crippen LogP contribution in [0.1, 0.15) is 219 Å². The van der Waals surface area contributed by atoms with Gasteiger partial charge in [0.15, 0.2) is 0 Å². The molecular weight excluding hydrogens is 528 g/mol. The molecule has 0 aliphatic carbocycles. The Morgan fingerprint density at radius 2 is 0.698 bits per heavy atom. The van der Waals surface area contributed by atoms with Crippen molar-refractivity contribution < 1.29 is 14.2 Å². The zero-order chi connectivity index (χ0) is 30.5. The molecule has 43 heavy (non-hydrogen) atoms. The van der Waals surface area contributed by atoms with E-state index in [1.165, 1.54) is 205 Å². The molecule has 0 N–H and O–H groups in total. The first-order valence-corrected chi connectivity index (χ1v) is 20.2. The van der Waals surface area contributed by atoms with E-state index in [0.29, 0.717) is 24.4 Å². The molecule has 4 unspecified atom stereocenters. The summed E-state index contributed by atoms with van der Waals surface area (Å²) in [5.74, 6) is 0. The Hall–Kier alpha value is -0.120. The van der Waals surface area contributed by atoms with E-state index < -0.39 is 0 Å². The highest BCUT2D eigenvalue weighted by Gasteiger charge is 2.19. The van der Waals surface area contributed by atoms with Crippen LogP contribution in [-0.4, -0.2) is 37.6 Å². The molecule has 2 rings (SSSR count). The zero-order valence-corrected chi connectivity index (χ0v) is 29.6. The van der Waals surface area contributed by atoms with Crippen LogP contribution in [0.15, 0.2) is 0 Å². The molecule has 0 spiro atoms. The molecule has 2 saturated heterocycles. The second-order valence-electron chi connectivity index (χ2n) is 14.5. The summed E-state index contributed by atoms with van der Waals surface area (Å²) < 4.78 is 18.2. The summed E-state index contributed by atoms with van der Waals surface area (Å²) in [6, 6.07) is 0. The van der Waals surface area contributed by atoms with Gasteiger partial charge < -0.3 is 14.2 Å². The van der Waals surface area contributed by atoms with Gasteiger partial charge in [-0.15, -0.1) is 0 Å². The first-order chi connectivity index (χ1) is 21.3. The van der Waals surface area contributed by atoms with Crippen molar-refractivity contribution in [3.05, 3.63) is 0 Å². The maximum Gasteiger partial charge on any atom is 0.0597 e. The molecule has 0 aromatic rings. The van der Waals surface area contributed by atoms with Crippen LogP contribution in [0.3, 0.4) is 0 Å². The Morgan fingerprint density at radius 1 is 0.419 bits per heavy atom. The van der Waals surface area contributed by atoms with Gasteiger partial charge in [0.05, 0.1) is 24.4 Å². The van der Waals surface area contributed by atoms with Crippen LogP contribution in [-0.2, 0) is 14.2 Å². The molecule has 2 heterocycles. The van der Waals surface area contributed by atoms with Crippen molar-refractivity contribution in [3.8, 4) is 0 Å². The standard InChI is InChI=1S/C40H78O3/c1-3-5-7-9-15-23-29-39(31-25-19-13-11-17-21-27-37-33-35-41-37)43-40(30-24-16-10-8-6-4-2)32-26-20-14-12-18-22-28-38-34-36-42-38/h37-40H,3-36H2,1-2H3. The van der Waals surface area contributed by atoms with Crippen LogP contribution in [0.5, 0.6) is 0 Å². The van der Waals surface area contributed by atoms with Gasteiger partial charge in [0.25, 0.3) is 0 Å². The van der Waals surface area contributed by atoms with E-state index in [4.69, 9.17) is 14.2 Å². The topological polar surface area (TPSA) is 27.7 Å². The van der Waals surface area contributed by atoms with E-state index in [2.05, 4.69) is 13.8 Å².